The zero-order valence-electron chi connectivity index (χ0n) is 18.3. The number of hydrogen-bond donors (Lipinski definition) is 2. The smallest absolute Gasteiger partial charge is 0.409 e. The van der Waals surface area contributed by atoms with E-state index in [9.17, 15) is 14.2 Å². The summed E-state index contributed by atoms with van der Waals surface area (Å²) in [6.45, 7) is 9.66. The molecule has 176 valence electrons. The number of rotatable bonds is 9. The lowest BCUT2D eigenvalue weighted by atomic mass is 10.1. The Bertz CT molecular complexity index is 718. The molecule has 0 bridgehead atoms. The summed E-state index contributed by atoms with van der Waals surface area (Å²) in [4.78, 5) is 23.7. The van der Waals surface area contributed by atoms with Crippen molar-refractivity contribution in [2.75, 3.05) is 46.0 Å². The summed E-state index contributed by atoms with van der Waals surface area (Å²) in [5.41, 5.74) is 6.41. The molecule has 0 unspecified atom stereocenters. The van der Waals surface area contributed by atoms with Gasteiger partial charge in [-0.1, -0.05) is 12.1 Å². The van der Waals surface area contributed by atoms with E-state index < -0.39 is 18.9 Å². The Labute approximate surface area is 189 Å². The maximum absolute atomic E-state index is 12.5. The number of ether oxygens (including phenoxy) is 1. The first-order valence-corrected chi connectivity index (χ1v) is 12.2. The van der Waals surface area contributed by atoms with E-state index in [1.165, 1.54) is 0 Å². The first kappa shape index (κ1) is 27.6. The summed E-state index contributed by atoms with van der Waals surface area (Å²) in [6, 6.07) is 6.05. The average molecular weight is 478 g/mol. The molecule has 1 heterocycles. The number of amides is 1. The fourth-order valence-corrected chi connectivity index (χ4v) is 4.38. The van der Waals surface area contributed by atoms with Crippen molar-refractivity contribution in [3.05, 3.63) is 29.8 Å². The van der Waals surface area contributed by atoms with Gasteiger partial charge in [0, 0.05) is 26.2 Å². The molecule has 0 radical (unpaired) electrons. The Morgan fingerprint density at radius 1 is 1.10 bits per heavy atom. The SMILES string of the molecule is CCOC(=O)N1CCNCC1.CCOP(=O)(OCC)c1ccc(C[C@H](N)C(=O)Cl)cc1. The molecule has 1 saturated heterocycles. The highest BCUT2D eigenvalue weighted by Gasteiger charge is 2.26. The molecule has 0 aliphatic carbocycles. The minimum absolute atomic E-state index is 0.186. The van der Waals surface area contributed by atoms with Gasteiger partial charge in [-0.3, -0.25) is 9.36 Å². The summed E-state index contributed by atoms with van der Waals surface area (Å²) in [7, 11) is -3.27. The van der Waals surface area contributed by atoms with Crippen LogP contribution in [0.25, 0.3) is 0 Å². The second-order valence-corrected chi connectivity index (χ2v) is 8.95. The second-order valence-electron chi connectivity index (χ2n) is 6.55. The zero-order chi connectivity index (χ0) is 23.3. The molecule has 1 aromatic carbocycles. The summed E-state index contributed by atoms with van der Waals surface area (Å²) in [5.74, 6) is 0. The molecule has 11 heteroatoms. The number of carbonyl (C=O) groups excluding carboxylic acids is 2. The number of hydrogen-bond acceptors (Lipinski definition) is 8. The molecule has 2 rings (SSSR count). The third-order valence-electron chi connectivity index (χ3n) is 4.24. The maximum Gasteiger partial charge on any atom is 0.409 e. The molecule has 0 spiro atoms. The van der Waals surface area contributed by atoms with E-state index in [4.69, 9.17) is 31.1 Å². The van der Waals surface area contributed by atoms with Crippen LogP contribution >= 0.6 is 19.2 Å². The number of nitrogens with two attached hydrogens (primary N) is 1. The molecule has 3 N–H and O–H groups in total. The van der Waals surface area contributed by atoms with Crippen molar-refractivity contribution in [2.45, 2.75) is 33.2 Å². The lowest BCUT2D eigenvalue weighted by molar-refractivity contribution is -0.112. The third kappa shape index (κ3) is 9.68. The minimum atomic E-state index is -3.27. The minimum Gasteiger partial charge on any atom is -0.450 e. The number of halogens is 1. The number of benzene rings is 1. The van der Waals surface area contributed by atoms with Crippen LogP contribution in [0.5, 0.6) is 0 Å². The molecule has 1 atom stereocenters. The molecule has 1 aliphatic rings. The van der Waals surface area contributed by atoms with Crippen LogP contribution in [-0.4, -0.2) is 68.3 Å². The Balaban J connectivity index is 0.000000367. The monoisotopic (exact) mass is 477 g/mol. The molecule has 9 nitrogen and oxygen atoms in total. The van der Waals surface area contributed by atoms with Gasteiger partial charge in [0.25, 0.3) is 0 Å². The van der Waals surface area contributed by atoms with E-state index >= 15 is 0 Å². The van der Waals surface area contributed by atoms with Crippen molar-refractivity contribution in [3.63, 3.8) is 0 Å². The first-order valence-electron chi connectivity index (χ1n) is 10.3. The topological polar surface area (TPSA) is 120 Å². The zero-order valence-corrected chi connectivity index (χ0v) is 20.0. The highest BCUT2D eigenvalue weighted by molar-refractivity contribution is 7.62. The first-order chi connectivity index (χ1) is 14.8. The van der Waals surface area contributed by atoms with Gasteiger partial charge < -0.3 is 29.7 Å². The predicted molar refractivity (Wildman–Crippen MR) is 121 cm³/mol. The molecular weight excluding hydrogens is 445 g/mol. The largest absolute Gasteiger partial charge is 0.450 e. The fourth-order valence-electron chi connectivity index (χ4n) is 2.74. The lowest BCUT2D eigenvalue weighted by Crippen LogP contribution is -2.46. The molecule has 0 saturated carbocycles. The Hall–Kier alpha value is -1.48. The van der Waals surface area contributed by atoms with E-state index in [0.717, 1.165) is 31.7 Å². The lowest BCUT2D eigenvalue weighted by Gasteiger charge is -2.26. The van der Waals surface area contributed by atoms with Crippen LogP contribution in [-0.2, 0) is 29.6 Å². The van der Waals surface area contributed by atoms with Gasteiger partial charge in [-0.05, 0) is 56.5 Å². The molecule has 1 aliphatic heterocycles. The molecule has 0 aromatic heterocycles. The summed E-state index contributed by atoms with van der Waals surface area (Å²) in [6.07, 6.45) is 0.143. The van der Waals surface area contributed by atoms with Gasteiger partial charge >= 0.3 is 13.7 Å². The summed E-state index contributed by atoms with van der Waals surface area (Å²) in [5, 5.41) is 3.06. The average Bonchev–Trinajstić information content (AvgIpc) is 2.76. The number of nitrogens with zero attached hydrogens (tertiary/aromatic N) is 1. The van der Waals surface area contributed by atoms with Crippen molar-refractivity contribution < 1.29 is 27.9 Å². The third-order valence-corrected chi connectivity index (χ3v) is 6.65. The van der Waals surface area contributed by atoms with Gasteiger partial charge in [0.1, 0.15) is 0 Å². The summed E-state index contributed by atoms with van der Waals surface area (Å²) < 4.78 is 27.8. The van der Waals surface area contributed by atoms with Gasteiger partial charge in [0.05, 0.1) is 31.2 Å². The van der Waals surface area contributed by atoms with Crippen LogP contribution in [0.3, 0.4) is 0 Å². The Kier molecular flexibility index (Phi) is 12.9. The maximum atomic E-state index is 12.5. The van der Waals surface area contributed by atoms with E-state index in [-0.39, 0.29) is 6.09 Å². The van der Waals surface area contributed by atoms with Crippen LogP contribution in [0, 0.1) is 0 Å². The molecular formula is C20H33ClN3O6P. The van der Waals surface area contributed by atoms with E-state index in [0.29, 0.717) is 31.5 Å². The summed E-state index contributed by atoms with van der Waals surface area (Å²) >= 11 is 5.32. The van der Waals surface area contributed by atoms with E-state index in [2.05, 4.69) is 5.32 Å². The van der Waals surface area contributed by atoms with Gasteiger partial charge in [0.15, 0.2) is 0 Å². The van der Waals surface area contributed by atoms with Crippen LogP contribution in [0.2, 0.25) is 0 Å². The Morgan fingerprint density at radius 3 is 2.10 bits per heavy atom. The Morgan fingerprint density at radius 2 is 1.65 bits per heavy atom. The van der Waals surface area contributed by atoms with Crippen molar-refractivity contribution in [2.24, 2.45) is 5.73 Å². The van der Waals surface area contributed by atoms with Gasteiger partial charge in [-0.25, -0.2) is 4.79 Å². The van der Waals surface area contributed by atoms with Gasteiger partial charge in [0.2, 0.25) is 5.24 Å². The number of piperazine rings is 1. The van der Waals surface area contributed by atoms with E-state index in [1.807, 2.05) is 6.92 Å². The molecule has 1 amide bonds. The highest BCUT2D eigenvalue weighted by atomic mass is 35.5. The van der Waals surface area contributed by atoms with Crippen molar-refractivity contribution in [1.82, 2.24) is 10.2 Å². The van der Waals surface area contributed by atoms with E-state index in [1.54, 1.807) is 43.0 Å². The second kappa shape index (κ2) is 14.6. The van der Waals surface area contributed by atoms with Gasteiger partial charge in [-0.2, -0.15) is 0 Å². The van der Waals surface area contributed by atoms with Crippen molar-refractivity contribution in [1.29, 1.82) is 0 Å². The van der Waals surface area contributed by atoms with Crippen LogP contribution in [0.15, 0.2) is 24.3 Å². The van der Waals surface area contributed by atoms with Gasteiger partial charge in [-0.15, -0.1) is 0 Å². The number of nitrogens with one attached hydrogen (secondary N) is 1. The van der Waals surface area contributed by atoms with Crippen LogP contribution in [0.4, 0.5) is 4.79 Å². The van der Waals surface area contributed by atoms with Crippen LogP contribution in [0.1, 0.15) is 26.3 Å². The molecule has 1 aromatic rings. The van der Waals surface area contributed by atoms with Crippen molar-refractivity contribution >= 4 is 35.8 Å². The standard InChI is InChI=1S/C13H19ClNO4P.C7H14N2O2/c1-3-18-20(17,19-4-2)11-7-5-10(6-8-11)9-12(15)13(14)16;1-2-11-7(10)9-5-3-8-4-6-9/h5-8,12H,3-4,9,15H2,1-2H3;8H,2-6H2,1H3/t12-;/m0./s1. The molecule has 31 heavy (non-hydrogen) atoms. The quantitative estimate of drug-likeness (QED) is 0.410. The fraction of sp³-hybridized carbons (Fsp3) is 0.600. The number of carbonyl (C=O) groups is 2. The highest BCUT2D eigenvalue weighted by Crippen LogP contribution is 2.46. The predicted octanol–water partition coefficient (Wildman–Crippen LogP) is 2.26. The molecule has 1 fully saturated rings. The van der Waals surface area contributed by atoms with Crippen molar-refractivity contribution in [3.8, 4) is 0 Å². The normalized spacial score (nSPS) is 14.9. The van der Waals surface area contributed by atoms with Crippen LogP contribution < -0.4 is 16.4 Å².